The highest BCUT2D eigenvalue weighted by Crippen LogP contribution is 2.31. The number of halogens is 1. The van der Waals surface area contributed by atoms with Crippen LogP contribution >= 0.6 is 22.9 Å². The molecule has 0 saturated heterocycles. The van der Waals surface area contributed by atoms with Gasteiger partial charge in [0.05, 0.1) is 11.1 Å². The van der Waals surface area contributed by atoms with Crippen molar-refractivity contribution < 1.29 is 0 Å². The molecule has 98 valence electrons. The molecule has 1 aromatic carbocycles. The van der Waals surface area contributed by atoms with Gasteiger partial charge in [-0.2, -0.15) is 0 Å². The zero-order valence-corrected chi connectivity index (χ0v) is 12.2. The first-order valence-electron chi connectivity index (χ1n) is 6.34. The summed E-state index contributed by atoms with van der Waals surface area (Å²) in [6.07, 6.45) is 5.03. The van der Waals surface area contributed by atoms with E-state index in [1.165, 1.54) is 5.56 Å². The van der Waals surface area contributed by atoms with Crippen LogP contribution in [0.4, 0.5) is 0 Å². The molecule has 2 unspecified atom stereocenters. The maximum absolute atomic E-state index is 6.55. The van der Waals surface area contributed by atoms with Gasteiger partial charge < -0.3 is 0 Å². The van der Waals surface area contributed by atoms with Crippen LogP contribution in [0, 0.1) is 5.92 Å². The molecule has 0 saturated carbocycles. The van der Waals surface area contributed by atoms with Crippen molar-refractivity contribution in [2.45, 2.75) is 18.7 Å². The minimum absolute atomic E-state index is 0.0286. The fourth-order valence-corrected chi connectivity index (χ4v) is 3.23. The van der Waals surface area contributed by atoms with Crippen molar-refractivity contribution in [3.05, 3.63) is 59.4 Å². The summed E-state index contributed by atoms with van der Waals surface area (Å²) in [6.45, 7) is 2.18. The van der Waals surface area contributed by atoms with E-state index in [-0.39, 0.29) is 5.38 Å². The van der Waals surface area contributed by atoms with E-state index < -0.39 is 0 Å². The van der Waals surface area contributed by atoms with Crippen molar-refractivity contribution in [3.8, 4) is 0 Å². The van der Waals surface area contributed by atoms with Crippen molar-refractivity contribution in [3.63, 3.8) is 0 Å². The summed E-state index contributed by atoms with van der Waals surface area (Å²) in [6, 6.07) is 10.2. The Morgan fingerprint density at radius 1 is 1.32 bits per heavy atom. The summed E-state index contributed by atoms with van der Waals surface area (Å²) in [4.78, 5) is 5.66. The normalized spacial score (nSPS) is 14.6. The molecule has 3 aromatic rings. The first kappa shape index (κ1) is 12.7. The van der Waals surface area contributed by atoms with Gasteiger partial charge in [0, 0.05) is 17.8 Å². The smallest absolute Gasteiger partial charge is 0.193 e. The Bertz CT molecular complexity index is 630. The Morgan fingerprint density at radius 3 is 2.84 bits per heavy atom. The van der Waals surface area contributed by atoms with E-state index in [1.54, 1.807) is 11.3 Å². The van der Waals surface area contributed by atoms with Gasteiger partial charge in [0.25, 0.3) is 0 Å². The average Bonchev–Trinajstić information content (AvgIpc) is 2.99. The minimum Gasteiger partial charge on any atom is -0.297 e. The second kappa shape index (κ2) is 5.35. The molecule has 0 N–H and O–H groups in total. The van der Waals surface area contributed by atoms with Crippen molar-refractivity contribution >= 4 is 27.9 Å². The zero-order valence-electron chi connectivity index (χ0n) is 10.7. The van der Waals surface area contributed by atoms with Gasteiger partial charge in [0.2, 0.25) is 0 Å². The number of benzene rings is 1. The molecule has 3 rings (SSSR count). The molecule has 0 radical (unpaired) electrons. The number of hydrogen-bond donors (Lipinski definition) is 0. The number of alkyl halides is 1. The fourth-order valence-electron chi connectivity index (χ4n) is 2.27. The molecule has 0 aliphatic rings. The van der Waals surface area contributed by atoms with Gasteiger partial charge in [0.1, 0.15) is 0 Å². The highest BCUT2D eigenvalue weighted by Gasteiger charge is 2.18. The fraction of sp³-hybridized carbons (Fsp3) is 0.267. The summed E-state index contributed by atoms with van der Waals surface area (Å²) in [7, 11) is 0. The van der Waals surface area contributed by atoms with Crippen LogP contribution in [-0.2, 0) is 6.42 Å². The molecule has 2 nitrogen and oxygen atoms in total. The molecule has 0 fully saturated rings. The lowest BCUT2D eigenvalue weighted by atomic mass is 9.96. The maximum Gasteiger partial charge on any atom is 0.193 e. The van der Waals surface area contributed by atoms with E-state index in [1.807, 2.05) is 29.8 Å². The van der Waals surface area contributed by atoms with E-state index in [4.69, 9.17) is 11.6 Å². The third kappa shape index (κ3) is 2.67. The number of fused-ring (bicyclic) bond motifs is 1. The largest absolute Gasteiger partial charge is 0.297 e. The van der Waals surface area contributed by atoms with Crippen molar-refractivity contribution in [2.75, 3.05) is 0 Å². The van der Waals surface area contributed by atoms with Gasteiger partial charge in [-0.05, 0) is 17.9 Å². The first-order valence-corrected chi connectivity index (χ1v) is 7.66. The number of nitrogens with zero attached hydrogens (tertiary/aromatic N) is 2. The van der Waals surface area contributed by atoms with Gasteiger partial charge in [-0.3, -0.25) is 4.40 Å². The summed E-state index contributed by atoms with van der Waals surface area (Å²) in [5, 5.41) is 2.07. The predicted molar refractivity (Wildman–Crippen MR) is 81.0 cm³/mol. The molecule has 0 aliphatic carbocycles. The van der Waals surface area contributed by atoms with Crippen LogP contribution in [0.5, 0.6) is 0 Å². The van der Waals surface area contributed by atoms with Crippen LogP contribution in [0.1, 0.15) is 23.6 Å². The minimum atomic E-state index is 0.0286. The molecule has 19 heavy (non-hydrogen) atoms. The lowest BCUT2D eigenvalue weighted by molar-refractivity contribution is 0.552. The molecule has 0 bridgehead atoms. The monoisotopic (exact) mass is 290 g/mol. The standard InChI is InChI=1S/C15H15ClN2S/c1-11(14(16)12-5-3-2-4-6-12)9-13-10-18-7-8-19-15(18)17-13/h2-8,10-11,14H,9H2,1H3. The lowest BCUT2D eigenvalue weighted by Crippen LogP contribution is -2.07. The van der Waals surface area contributed by atoms with Crippen molar-refractivity contribution in [1.82, 2.24) is 9.38 Å². The van der Waals surface area contributed by atoms with Crippen LogP contribution in [-0.4, -0.2) is 9.38 Å². The third-order valence-corrected chi connectivity index (χ3v) is 4.74. The Labute approximate surface area is 121 Å². The second-order valence-electron chi connectivity index (χ2n) is 4.82. The van der Waals surface area contributed by atoms with Crippen LogP contribution < -0.4 is 0 Å². The van der Waals surface area contributed by atoms with E-state index in [9.17, 15) is 0 Å². The van der Waals surface area contributed by atoms with E-state index in [0.29, 0.717) is 5.92 Å². The van der Waals surface area contributed by atoms with E-state index in [0.717, 1.165) is 17.1 Å². The number of aromatic nitrogens is 2. The predicted octanol–water partition coefficient (Wildman–Crippen LogP) is 4.55. The summed E-state index contributed by atoms with van der Waals surface area (Å²) in [5.41, 5.74) is 2.29. The van der Waals surface area contributed by atoms with E-state index >= 15 is 0 Å². The topological polar surface area (TPSA) is 17.3 Å². The van der Waals surface area contributed by atoms with Gasteiger partial charge in [0.15, 0.2) is 4.96 Å². The molecular formula is C15H15ClN2S. The van der Waals surface area contributed by atoms with Crippen LogP contribution in [0.15, 0.2) is 48.1 Å². The Hall–Kier alpha value is -1.32. The average molecular weight is 291 g/mol. The number of thiazole rings is 1. The highest BCUT2D eigenvalue weighted by molar-refractivity contribution is 7.15. The lowest BCUT2D eigenvalue weighted by Gasteiger charge is -2.17. The van der Waals surface area contributed by atoms with Gasteiger partial charge in [-0.1, -0.05) is 37.3 Å². The molecular weight excluding hydrogens is 276 g/mol. The number of imidazole rings is 1. The Kier molecular flexibility index (Phi) is 3.58. The third-order valence-electron chi connectivity index (χ3n) is 3.29. The Morgan fingerprint density at radius 2 is 2.11 bits per heavy atom. The first-order chi connectivity index (χ1) is 9.24. The second-order valence-corrected chi connectivity index (χ2v) is 6.16. The molecule has 0 aliphatic heterocycles. The van der Waals surface area contributed by atoms with Crippen molar-refractivity contribution in [1.29, 1.82) is 0 Å². The van der Waals surface area contributed by atoms with Crippen LogP contribution in [0.25, 0.3) is 4.96 Å². The molecule has 2 heterocycles. The summed E-state index contributed by atoms with van der Waals surface area (Å²) in [5.74, 6) is 0.355. The van der Waals surface area contributed by atoms with Crippen LogP contribution in [0.3, 0.4) is 0 Å². The van der Waals surface area contributed by atoms with E-state index in [2.05, 4.69) is 34.6 Å². The van der Waals surface area contributed by atoms with Crippen molar-refractivity contribution in [2.24, 2.45) is 5.92 Å². The molecule has 2 aromatic heterocycles. The van der Waals surface area contributed by atoms with Gasteiger partial charge >= 0.3 is 0 Å². The van der Waals surface area contributed by atoms with Crippen LogP contribution in [0.2, 0.25) is 0 Å². The molecule has 4 heteroatoms. The number of rotatable bonds is 4. The quantitative estimate of drug-likeness (QED) is 0.644. The highest BCUT2D eigenvalue weighted by atomic mass is 35.5. The Balaban J connectivity index is 1.74. The SMILES string of the molecule is CC(Cc1cn2ccsc2n1)C(Cl)c1ccccc1. The maximum atomic E-state index is 6.55. The molecule has 2 atom stereocenters. The summed E-state index contributed by atoms with van der Waals surface area (Å²) < 4.78 is 2.07. The van der Waals surface area contributed by atoms with Gasteiger partial charge in [-0.25, -0.2) is 4.98 Å². The number of hydrogen-bond acceptors (Lipinski definition) is 2. The summed E-state index contributed by atoms with van der Waals surface area (Å²) >= 11 is 8.21. The zero-order chi connectivity index (χ0) is 13.2. The molecule has 0 spiro atoms. The van der Waals surface area contributed by atoms with Gasteiger partial charge in [-0.15, -0.1) is 22.9 Å². The molecule has 0 amide bonds.